The van der Waals surface area contributed by atoms with Crippen LogP contribution in [0.3, 0.4) is 0 Å². The number of nitrogens with one attached hydrogen (secondary N) is 1. The molecular formula is C21H26BrNO3. The van der Waals surface area contributed by atoms with Crippen LogP contribution in [-0.4, -0.2) is 30.8 Å². The maximum Gasteiger partial charge on any atom is 0.304 e. The first kappa shape index (κ1) is 20.5. The van der Waals surface area contributed by atoms with Gasteiger partial charge in [-0.2, -0.15) is 0 Å². The van der Waals surface area contributed by atoms with Crippen LogP contribution in [-0.2, 0) is 17.6 Å². The number of halogens is 1. The van der Waals surface area contributed by atoms with Crippen molar-refractivity contribution >= 4 is 21.9 Å². The van der Waals surface area contributed by atoms with Gasteiger partial charge in [-0.1, -0.05) is 40.2 Å². The first-order valence-corrected chi connectivity index (χ1v) is 9.81. The number of ether oxygens (including phenoxy) is 1. The number of aliphatic carboxylic acids is 1. The van der Waals surface area contributed by atoms with Crippen LogP contribution in [0.5, 0.6) is 5.75 Å². The molecule has 2 aromatic carbocycles. The molecule has 2 rings (SSSR count). The molecule has 0 aromatic heterocycles. The molecule has 0 atom stereocenters. The Morgan fingerprint density at radius 1 is 1.00 bits per heavy atom. The molecule has 0 amide bonds. The number of aryl methyl sites for hydroxylation is 2. The van der Waals surface area contributed by atoms with Gasteiger partial charge in [-0.15, -0.1) is 0 Å². The van der Waals surface area contributed by atoms with Crippen LogP contribution in [0, 0.1) is 0 Å². The van der Waals surface area contributed by atoms with Crippen molar-refractivity contribution in [1.29, 1.82) is 0 Å². The predicted octanol–water partition coefficient (Wildman–Crippen LogP) is 4.46. The van der Waals surface area contributed by atoms with Gasteiger partial charge in [0.25, 0.3) is 0 Å². The highest BCUT2D eigenvalue weighted by Gasteiger charge is 1.99. The molecule has 26 heavy (non-hydrogen) atoms. The number of carboxylic acids is 1. The SMILES string of the molecule is O=C(O)CCNCCCc1ccc(OCCCc2cccc(Br)c2)cc1. The van der Waals surface area contributed by atoms with Gasteiger partial charge >= 0.3 is 5.97 Å². The van der Waals surface area contributed by atoms with E-state index in [2.05, 4.69) is 51.6 Å². The van der Waals surface area contributed by atoms with Crippen LogP contribution in [0.15, 0.2) is 53.0 Å². The first-order chi connectivity index (χ1) is 12.6. The van der Waals surface area contributed by atoms with E-state index in [1.165, 1.54) is 11.1 Å². The van der Waals surface area contributed by atoms with Crippen molar-refractivity contribution in [3.8, 4) is 5.75 Å². The highest BCUT2D eigenvalue weighted by molar-refractivity contribution is 9.10. The van der Waals surface area contributed by atoms with Gasteiger partial charge in [0.15, 0.2) is 0 Å². The Morgan fingerprint density at radius 3 is 2.50 bits per heavy atom. The van der Waals surface area contributed by atoms with Crippen LogP contribution in [0.4, 0.5) is 0 Å². The molecule has 140 valence electrons. The molecule has 0 saturated carbocycles. The fraction of sp³-hybridized carbons (Fsp3) is 0.381. The van der Waals surface area contributed by atoms with Crippen molar-refractivity contribution in [1.82, 2.24) is 5.32 Å². The Balaban J connectivity index is 1.59. The summed E-state index contributed by atoms with van der Waals surface area (Å²) in [6.07, 6.45) is 4.13. The Kier molecular flexibility index (Phi) is 9.21. The van der Waals surface area contributed by atoms with Gasteiger partial charge in [-0.05, 0) is 67.6 Å². The molecular weight excluding hydrogens is 394 g/mol. The van der Waals surface area contributed by atoms with Gasteiger partial charge in [0.05, 0.1) is 13.0 Å². The van der Waals surface area contributed by atoms with Gasteiger partial charge < -0.3 is 15.2 Å². The van der Waals surface area contributed by atoms with E-state index in [0.29, 0.717) is 13.2 Å². The minimum absolute atomic E-state index is 0.174. The van der Waals surface area contributed by atoms with E-state index in [1.807, 2.05) is 18.2 Å². The van der Waals surface area contributed by atoms with Crippen molar-refractivity contribution in [3.05, 3.63) is 64.1 Å². The van der Waals surface area contributed by atoms with Crippen molar-refractivity contribution in [2.75, 3.05) is 19.7 Å². The van der Waals surface area contributed by atoms with Gasteiger partial charge in [0.2, 0.25) is 0 Å². The summed E-state index contributed by atoms with van der Waals surface area (Å²) in [4.78, 5) is 10.4. The molecule has 2 aromatic rings. The van der Waals surface area contributed by atoms with Crippen LogP contribution in [0.1, 0.15) is 30.4 Å². The van der Waals surface area contributed by atoms with E-state index in [4.69, 9.17) is 9.84 Å². The van der Waals surface area contributed by atoms with Crippen LogP contribution >= 0.6 is 15.9 Å². The second-order valence-electron chi connectivity index (χ2n) is 6.22. The van der Waals surface area contributed by atoms with Gasteiger partial charge in [-0.3, -0.25) is 4.79 Å². The summed E-state index contributed by atoms with van der Waals surface area (Å²) in [7, 11) is 0. The average molecular weight is 420 g/mol. The molecule has 0 aliphatic carbocycles. The van der Waals surface area contributed by atoms with Crippen molar-refractivity contribution in [2.45, 2.75) is 32.1 Å². The summed E-state index contributed by atoms with van der Waals surface area (Å²) >= 11 is 3.49. The molecule has 0 aliphatic heterocycles. The Hall–Kier alpha value is -1.85. The monoisotopic (exact) mass is 419 g/mol. The molecule has 0 saturated heterocycles. The normalized spacial score (nSPS) is 10.7. The maximum absolute atomic E-state index is 10.4. The Bertz CT molecular complexity index is 673. The fourth-order valence-electron chi connectivity index (χ4n) is 2.65. The van der Waals surface area contributed by atoms with Crippen molar-refractivity contribution < 1.29 is 14.6 Å². The lowest BCUT2D eigenvalue weighted by Gasteiger charge is -2.08. The van der Waals surface area contributed by atoms with Gasteiger partial charge in [0.1, 0.15) is 5.75 Å². The minimum Gasteiger partial charge on any atom is -0.494 e. The topological polar surface area (TPSA) is 58.6 Å². The summed E-state index contributed by atoms with van der Waals surface area (Å²) in [5, 5.41) is 11.7. The molecule has 0 aliphatic rings. The standard InChI is InChI=1S/C21H26BrNO3/c22-19-7-1-4-18(16-19)6-3-15-26-20-10-8-17(9-11-20)5-2-13-23-14-12-21(24)25/h1,4,7-11,16,23H,2-3,5-6,12-15H2,(H,24,25). The Labute approximate surface area is 163 Å². The van der Waals surface area contributed by atoms with E-state index in [-0.39, 0.29) is 6.42 Å². The number of hydrogen-bond donors (Lipinski definition) is 2. The van der Waals surface area contributed by atoms with Crippen LogP contribution in [0.2, 0.25) is 0 Å². The highest BCUT2D eigenvalue weighted by Crippen LogP contribution is 2.15. The molecule has 0 radical (unpaired) electrons. The second-order valence-corrected chi connectivity index (χ2v) is 7.14. The summed E-state index contributed by atoms with van der Waals surface area (Å²) in [5.41, 5.74) is 2.59. The number of benzene rings is 2. The highest BCUT2D eigenvalue weighted by atomic mass is 79.9. The molecule has 0 heterocycles. The average Bonchev–Trinajstić information content (AvgIpc) is 2.62. The molecule has 0 spiro atoms. The number of hydrogen-bond acceptors (Lipinski definition) is 3. The summed E-state index contributed by atoms with van der Waals surface area (Å²) in [6, 6.07) is 16.6. The second kappa shape index (κ2) is 11.7. The summed E-state index contributed by atoms with van der Waals surface area (Å²) in [5.74, 6) is 0.146. The molecule has 2 N–H and O–H groups in total. The zero-order valence-corrected chi connectivity index (χ0v) is 16.5. The predicted molar refractivity (Wildman–Crippen MR) is 108 cm³/mol. The zero-order chi connectivity index (χ0) is 18.6. The van der Waals surface area contributed by atoms with Crippen molar-refractivity contribution in [2.24, 2.45) is 0 Å². The summed E-state index contributed by atoms with van der Waals surface area (Å²) < 4.78 is 6.93. The fourth-order valence-corrected chi connectivity index (χ4v) is 3.10. The lowest BCUT2D eigenvalue weighted by Crippen LogP contribution is -2.19. The zero-order valence-electron chi connectivity index (χ0n) is 14.9. The molecule has 4 nitrogen and oxygen atoms in total. The van der Waals surface area contributed by atoms with E-state index >= 15 is 0 Å². The molecule has 0 fully saturated rings. The quantitative estimate of drug-likeness (QED) is 0.498. The van der Waals surface area contributed by atoms with E-state index in [0.717, 1.165) is 42.5 Å². The minimum atomic E-state index is -0.760. The van der Waals surface area contributed by atoms with Crippen LogP contribution in [0.25, 0.3) is 0 Å². The maximum atomic E-state index is 10.4. The van der Waals surface area contributed by atoms with E-state index < -0.39 is 5.97 Å². The van der Waals surface area contributed by atoms with E-state index in [9.17, 15) is 4.79 Å². The lowest BCUT2D eigenvalue weighted by molar-refractivity contribution is -0.136. The summed E-state index contributed by atoms with van der Waals surface area (Å²) in [6.45, 7) is 2.07. The van der Waals surface area contributed by atoms with Gasteiger partial charge in [0, 0.05) is 11.0 Å². The number of rotatable bonds is 12. The van der Waals surface area contributed by atoms with E-state index in [1.54, 1.807) is 0 Å². The number of carbonyl (C=O) groups is 1. The molecule has 5 heteroatoms. The smallest absolute Gasteiger partial charge is 0.304 e. The third kappa shape index (κ3) is 8.50. The van der Waals surface area contributed by atoms with Gasteiger partial charge in [-0.25, -0.2) is 0 Å². The largest absolute Gasteiger partial charge is 0.494 e. The molecule has 0 bridgehead atoms. The van der Waals surface area contributed by atoms with Crippen molar-refractivity contribution in [3.63, 3.8) is 0 Å². The van der Waals surface area contributed by atoms with Crippen LogP contribution < -0.4 is 10.1 Å². The lowest BCUT2D eigenvalue weighted by atomic mass is 10.1. The Morgan fingerprint density at radius 2 is 1.77 bits per heavy atom. The third-order valence-electron chi connectivity index (χ3n) is 4.03. The third-order valence-corrected chi connectivity index (χ3v) is 4.52. The number of carboxylic acid groups (broad SMARTS) is 1. The molecule has 0 unspecified atom stereocenters. The first-order valence-electron chi connectivity index (χ1n) is 9.02.